The fraction of sp³-hybridized carbons (Fsp3) is 0.375. The Labute approximate surface area is 128 Å². The van der Waals surface area contributed by atoms with Crippen molar-refractivity contribution in [3.8, 4) is 5.75 Å². The van der Waals surface area contributed by atoms with Gasteiger partial charge in [0, 0.05) is 6.42 Å². The average molecular weight is 305 g/mol. The standard InChI is InChI=1S/C16H19NO3S/c1-10-6-7-13(11(2)9-10)20-8-4-5-14-17-12(3)15(21-14)16(18)19/h6-7,9H,4-5,8H2,1-3H3,(H,18,19). The van der Waals surface area contributed by atoms with Crippen LogP contribution in [-0.2, 0) is 6.42 Å². The van der Waals surface area contributed by atoms with Crippen molar-refractivity contribution in [2.24, 2.45) is 0 Å². The van der Waals surface area contributed by atoms with E-state index in [9.17, 15) is 4.79 Å². The van der Waals surface area contributed by atoms with Gasteiger partial charge in [-0.25, -0.2) is 9.78 Å². The molecule has 0 radical (unpaired) electrons. The summed E-state index contributed by atoms with van der Waals surface area (Å²) in [6.07, 6.45) is 1.56. The van der Waals surface area contributed by atoms with Crippen molar-refractivity contribution >= 4 is 17.3 Å². The molecule has 21 heavy (non-hydrogen) atoms. The predicted molar refractivity (Wildman–Crippen MR) is 83.5 cm³/mol. The Morgan fingerprint density at radius 1 is 1.33 bits per heavy atom. The van der Waals surface area contributed by atoms with Gasteiger partial charge in [-0.3, -0.25) is 0 Å². The van der Waals surface area contributed by atoms with Gasteiger partial charge in [-0.2, -0.15) is 0 Å². The molecule has 0 aliphatic rings. The molecule has 0 bridgehead atoms. The van der Waals surface area contributed by atoms with E-state index < -0.39 is 5.97 Å². The van der Waals surface area contributed by atoms with Gasteiger partial charge in [-0.15, -0.1) is 11.3 Å². The third-order valence-corrected chi connectivity index (χ3v) is 4.36. The smallest absolute Gasteiger partial charge is 0.347 e. The number of benzene rings is 1. The van der Waals surface area contributed by atoms with Crippen molar-refractivity contribution < 1.29 is 14.6 Å². The molecule has 0 saturated heterocycles. The summed E-state index contributed by atoms with van der Waals surface area (Å²) in [6.45, 7) is 6.42. The molecule has 1 N–H and O–H groups in total. The number of ether oxygens (including phenoxy) is 1. The summed E-state index contributed by atoms with van der Waals surface area (Å²) in [4.78, 5) is 15.6. The Kier molecular flexibility index (Phi) is 4.96. The van der Waals surface area contributed by atoms with Gasteiger partial charge in [0.15, 0.2) is 0 Å². The zero-order chi connectivity index (χ0) is 15.4. The fourth-order valence-electron chi connectivity index (χ4n) is 2.12. The molecule has 0 saturated carbocycles. The monoisotopic (exact) mass is 305 g/mol. The Morgan fingerprint density at radius 3 is 2.71 bits per heavy atom. The van der Waals surface area contributed by atoms with E-state index >= 15 is 0 Å². The number of nitrogens with zero attached hydrogens (tertiary/aromatic N) is 1. The summed E-state index contributed by atoms with van der Waals surface area (Å²) < 4.78 is 5.76. The van der Waals surface area contributed by atoms with Crippen molar-refractivity contribution in [1.82, 2.24) is 4.98 Å². The average Bonchev–Trinajstić information content (AvgIpc) is 2.78. The van der Waals surface area contributed by atoms with E-state index in [1.165, 1.54) is 16.9 Å². The van der Waals surface area contributed by atoms with Gasteiger partial charge < -0.3 is 9.84 Å². The van der Waals surface area contributed by atoms with Gasteiger partial charge in [0.2, 0.25) is 0 Å². The summed E-state index contributed by atoms with van der Waals surface area (Å²) in [6, 6.07) is 6.12. The van der Waals surface area contributed by atoms with Crippen LogP contribution in [0.3, 0.4) is 0 Å². The molecule has 2 aromatic rings. The lowest BCUT2D eigenvalue weighted by atomic mass is 10.1. The van der Waals surface area contributed by atoms with Gasteiger partial charge in [0.1, 0.15) is 10.6 Å². The van der Waals surface area contributed by atoms with E-state index in [4.69, 9.17) is 9.84 Å². The SMILES string of the molecule is Cc1ccc(OCCCc2nc(C)c(C(=O)O)s2)c(C)c1. The van der Waals surface area contributed by atoms with Crippen molar-refractivity contribution in [2.75, 3.05) is 6.61 Å². The van der Waals surface area contributed by atoms with Crippen LogP contribution in [0.15, 0.2) is 18.2 Å². The number of carboxylic acids is 1. The summed E-state index contributed by atoms with van der Waals surface area (Å²) in [5.41, 5.74) is 2.95. The van der Waals surface area contributed by atoms with Crippen molar-refractivity contribution in [2.45, 2.75) is 33.6 Å². The molecule has 1 aromatic heterocycles. The van der Waals surface area contributed by atoms with Gasteiger partial charge in [-0.05, 0) is 38.8 Å². The van der Waals surface area contributed by atoms with Crippen LogP contribution in [0.4, 0.5) is 0 Å². The summed E-state index contributed by atoms with van der Waals surface area (Å²) in [7, 11) is 0. The quantitative estimate of drug-likeness (QED) is 0.825. The maximum absolute atomic E-state index is 11.0. The summed E-state index contributed by atoms with van der Waals surface area (Å²) in [5, 5.41) is 9.85. The minimum absolute atomic E-state index is 0.334. The minimum atomic E-state index is -0.900. The first-order chi connectivity index (χ1) is 9.97. The zero-order valence-corrected chi connectivity index (χ0v) is 13.3. The van der Waals surface area contributed by atoms with E-state index in [0.29, 0.717) is 17.2 Å². The molecule has 5 heteroatoms. The third-order valence-electron chi connectivity index (χ3n) is 3.16. The highest BCUT2D eigenvalue weighted by Gasteiger charge is 2.13. The largest absolute Gasteiger partial charge is 0.493 e. The number of hydrogen-bond donors (Lipinski definition) is 1. The molecule has 0 aliphatic carbocycles. The van der Waals surface area contributed by atoms with Gasteiger partial charge >= 0.3 is 5.97 Å². The molecule has 0 aliphatic heterocycles. The van der Waals surface area contributed by atoms with Crippen LogP contribution in [0.25, 0.3) is 0 Å². The third kappa shape index (κ3) is 4.04. The minimum Gasteiger partial charge on any atom is -0.493 e. The molecule has 0 amide bonds. The number of aromatic nitrogens is 1. The van der Waals surface area contributed by atoms with Gasteiger partial charge in [0.05, 0.1) is 17.3 Å². The van der Waals surface area contributed by atoms with E-state index in [1.807, 2.05) is 19.1 Å². The topological polar surface area (TPSA) is 59.4 Å². The van der Waals surface area contributed by atoms with Crippen molar-refractivity contribution in [3.63, 3.8) is 0 Å². The van der Waals surface area contributed by atoms with Crippen molar-refractivity contribution in [3.05, 3.63) is 44.9 Å². The molecule has 112 valence electrons. The van der Waals surface area contributed by atoms with Crippen LogP contribution in [0, 0.1) is 20.8 Å². The zero-order valence-electron chi connectivity index (χ0n) is 12.5. The maximum atomic E-state index is 11.0. The Morgan fingerprint density at radius 2 is 2.10 bits per heavy atom. The number of carboxylic acid groups (broad SMARTS) is 1. The Hall–Kier alpha value is -1.88. The van der Waals surface area contributed by atoms with Crippen LogP contribution in [-0.4, -0.2) is 22.7 Å². The molecule has 1 aromatic carbocycles. The molecular formula is C16H19NO3S. The van der Waals surface area contributed by atoms with Crippen LogP contribution < -0.4 is 4.74 Å². The van der Waals surface area contributed by atoms with E-state index in [0.717, 1.165) is 29.2 Å². The lowest BCUT2D eigenvalue weighted by Gasteiger charge is -2.09. The fourth-order valence-corrected chi connectivity index (χ4v) is 3.07. The lowest BCUT2D eigenvalue weighted by Crippen LogP contribution is -2.00. The predicted octanol–water partition coefficient (Wildman–Crippen LogP) is 3.78. The summed E-state index contributed by atoms with van der Waals surface area (Å²) >= 11 is 1.25. The van der Waals surface area contributed by atoms with Gasteiger partial charge in [-0.1, -0.05) is 17.7 Å². The second-order valence-corrected chi connectivity index (χ2v) is 6.13. The lowest BCUT2D eigenvalue weighted by molar-refractivity contribution is 0.0701. The number of aryl methyl sites for hydroxylation is 4. The first-order valence-corrected chi connectivity index (χ1v) is 7.68. The maximum Gasteiger partial charge on any atom is 0.347 e. The number of rotatable bonds is 6. The molecule has 2 rings (SSSR count). The highest BCUT2D eigenvalue weighted by Crippen LogP contribution is 2.21. The molecule has 0 atom stereocenters. The van der Waals surface area contributed by atoms with E-state index in [-0.39, 0.29) is 0 Å². The molecule has 0 fully saturated rings. The number of thiazole rings is 1. The normalized spacial score (nSPS) is 10.6. The van der Waals surface area contributed by atoms with E-state index in [2.05, 4.69) is 18.0 Å². The highest BCUT2D eigenvalue weighted by atomic mass is 32.1. The Balaban J connectivity index is 1.84. The Bertz CT molecular complexity index is 649. The first kappa shape index (κ1) is 15.5. The van der Waals surface area contributed by atoms with Crippen LogP contribution >= 0.6 is 11.3 Å². The highest BCUT2D eigenvalue weighted by molar-refractivity contribution is 7.13. The van der Waals surface area contributed by atoms with E-state index in [1.54, 1.807) is 6.92 Å². The molecule has 1 heterocycles. The number of hydrogen-bond acceptors (Lipinski definition) is 4. The van der Waals surface area contributed by atoms with Crippen LogP contribution in [0.2, 0.25) is 0 Å². The molecular weight excluding hydrogens is 286 g/mol. The second-order valence-electron chi connectivity index (χ2n) is 5.05. The molecule has 0 unspecified atom stereocenters. The van der Waals surface area contributed by atoms with Crippen LogP contribution in [0.1, 0.15) is 37.9 Å². The van der Waals surface area contributed by atoms with Crippen molar-refractivity contribution in [1.29, 1.82) is 0 Å². The second kappa shape index (κ2) is 6.72. The molecule has 4 nitrogen and oxygen atoms in total. The number of aromatic carboxylic acids is 1. The molecule has 0 spiro atoms. The number of carbonyl (C=O) groups is 1. The summed E-state index contributed by atoms with van der Waals surface area (Å²) in [5.74, 6) is 0.00456. The first-order valence-electron chi connectivity index (χ1n) is 6.87. The van der Waals surface area contributed by atoms with Gasteiger partial charge in [0.25, 0.3) is 0 Å². The van der Waals surface area contributed by atoms with Crippen LogP contribution in [0.5, 0.6) is 5.75 Å².